The first kappa shape index (κ1) is 15.8. The predicted octanol–water partition coefficient (Wildman–Crippen LogP) is 3.36. The normalized spacial score (nSPS) is 12.5. The van der Waals surface area contributed by atoms with Gasteiger partial charge in [-0.15, -0.1) is 0 Å². The summed E-state index contributed by atoms with van der Waals surface area (Å²) >= 11 is 0. The first-order valence-corrected chi connectivity index (χ1v) is 8.03. The highest BCUT2D eigenvalue weighted by Gasteiger charge is 2.13. The zero-order chi connectivity index (χ0) is 15.1. The molecule has 1 aromatic carbocycles. The molecule has 114 valence electrons. The number of nitrogens with one attached hydrogen (secondary N) is 1. The van der Waals surface area contributed by atoms with E-state index in [4.69, 9.17) is 0 Å². The van der Waals surface area contributed by atoms with E-state index < -0.39 is 0 Å². The molecule has 21 heavy (non-hydrogen) atoms. The number of aryl methyl sites for hydroxylation is 2. The second kappa shape index (κ2) is 7.99. The number of nitrogens with zero attached hydrogens (tertiary/aromatic N) is 2. The van der Waals surface area contributed by atoms with Crippen molar-refractivity contribution in [2.75, 3.05) is 6.54 Å². The van der Waals surface area contributed by atoms with Crippen molar-refractivity contribution in [3.63, 3.8) is 0 Å². The van der Waals surface area contributed by atoms with Gasteiger partial charge in [0.25, 0.3) is 0 Å². The van der Waals surface area contributed by atoms with Crippen LogP contribution >= 0.6 is 0 Å². The largest absolute Gasteiger partial charge is 0.313 e. The van der Waals surface area contributed by atoms with Crippen LogP contribution in [0.4, 0.5) is 0 Å². The van der Waals surface area contributed by atoms with Crippen molar-refractivity contribution in [3.05, 3.63) is 53.3 Å². The van der Waals surface area contributed by atoms with E-state index in [1.54, 1.807) is 0 Å². The summed E-state index contributed by atoms with van der Waals surface area (Å²) in [5.74, 6) is 0. The third-order valence-corrected chi connectivity index (χ3v) is 3.75. The van der Waals surface area contributed by atoms with Gasteiger partial charge in [0, 0.05) is 24.7 Å². The number of aromatic nitrogens is 2. The Labute approximate surface area is 128 Å². The van der Waals surface area contributed by atoms with E-state index in [2.05, 4.69) is 72.3 Å². The Kier molecular flexibility index (Phi) is 6.00. The Morgan fingerprint density at radius 3 is 2.57 bits per heavy atom. The first-order chi connectivity index (χ1) is 10.2. The third-order valence-electron chi connectivity index (χ3n) is 3.75. The van der Waals surface area contributed by atoms with E-state index in [0.29, 0.717) is 6.04 Å². The quantitative estimate of drug-likeness (QED) is 0.806. The van der Waals surface area contributed by atoms with Crippen LogP contribution < -0.4 is 5.32 Å². The minimum absolute atomic E-state index is 0.466. The van der Waals surface area contributed by atoms with Gasteiger partial charge in [-0.3, -0.25) is 4.68 Å². The molecule has 1 heterocycles. The molecule has 2 aromatic rings. The number of rotatable bonds is 8. The zero-order valence-corrected chi connectivity index (χ0v) is 13.5. The molecule has 1 aromatic heterocycles. The van der Waals surface area contributed by atoms with E-state index in [1.165, 1.54) is 11.3 Å². The van der Waals surface area contributed by atoms with Crippen molar-refractivity contribution < 1.29 is 0 Å². The predicted molar refractivity (Wildman–Crippen MR) is 88.6 cm³/mol. The van der Waals surface area contributed by atoms with Crippen LogP contribution in [0.3, 0.4) is 0 Å². The van der Waals surface area contributed by atoms with Gasteiger partial charge in [-0.2, -0.15) is 5.10 Å². The van der Waals surface area contributed by atoms with Gasteiger partial charge in [-0.1, -0.05) is 37.3 Å². The van der Waals surface area contributed by atoms with E-state index in [1.807, 2.05) is 0 Å². The van der Waals surface area contributed by atoms with Gasteiger partial charge in [0.05, 0.1) is 5.69 Å². The van der Waals surface area contributed by atoms with Crippen LogP contribution in [0.15, 0.2) is 36.4 Å². The standard InChI is InChI=1S/C18H27N3/c1-4-11-19-17(13-16-9-7-6-8-10-16)14-18-12-15(3)20-21(18)5-2/h6-10,12,17,19H,4-5,11,13-14H2,1-3H3. The molecular weight excluding hydrogens is 258 g/mol. The van der Waals surface area contributed by atoms with Gasteiger partial charge in [-0.05, 0) is 44.9 Å². The molecule has 2 rings (SSSR count). The SMILES string of the molecule is CCCNC(Cc1ccccc1)Cc1cc(C)nn1CC. The lowest BCUT2D eigenvalue weighted by Gasteiger charge is -2.19. The molecule has 0 aliphatic heterocycles. The van der Waals surface area contributed by atoms with E-state index in [-0.39, 0.29) is 0 Å². The maximum atomic E-state index is 4.56. The molecule has 0 fully saturated rings. The fraction of sp³-hybridized carbons (Fsp3) is 0.500. The summed E-state index contributed by atoms with van der Waals surface area (Å²) < 4.78 is 2.13. The maximum absolute atomic E-state index is 4.56. The van der Waals surface area contributed by atoms with E-state index >= 15 is 0 Å². The molecule has 0 bridgehead atoms. The minimum atomic E-state index is 0.466. The summed E-state index contributed by atoms with van der Waals surface area (Å²) in [6, 6.07) is 13.4. The summed E-state index contributed by atoms with van der Waals surface area (Å²) in [6.45, 7) is 8.45. The van der Waals surface area contributed by atoms with Gasteiger partial charge in [0.15, 0.2) is 0 Å². The van der Waals surface area contributed by atoms with Crippen molar-refractivity contribution in [2.24, 2.45) is 0 Å². The van der Waals surface area contributed by atoms with Gasteiger partial charge < -0.3 is 5.32 Å². The van der Waals surface area contributed by atoms with Crippen molar-refractivity contribution in [1.82, 2.24) is 15.1 Å². The Bertz CT molecular complexity index is 531. The van der Waals surface area contributed by atoms with Crippen molar-refractivity contribution >= 4 is 0 Å². The molecule has 0 radical (unpaired) electrons. The van der Waals surface area contributed by atoms with Crippen LogP contribution in [0.5, 0.6) is 0 Å². The first-order valence-electron chi connectivity index (χ1n) is 8.03. The summed E-state index contributed by atoms with van der Waals surface area (Å²) in [7, 11) is 0. The van der Waals surface area contributed by atoms with Crippen LogP contribution in [0, 0.1) is 6.92 Å². The Hall–Kier alpha value is -1.61. The Balaban J connectivity index is 2.08. The topological polar surface area (TPSA) is 29.9 Å². The molecule has 1 unspecified atom stereocenters. The molecule has 0 saturated carbocycles. The highest BCUT2D eigenvalue weighted by atomic mass is 15.3. The van der Waals surface area contributed by atoms with Crippen LogP contribution in [0.2, 0.25) is 0 Å². The Morgan fingerprint density at radius 1 is 1.14 bits per heavy atom. The average Bonchev–Trinajstić information content (AvgIpc) is 2.85. The fourth-order valence-electron chi connectivity index (χ4n) is 2.75. The molecule has 3 heteroatoms. The van der Waals surface area contributed by atoms with E-state index in [0.717, 1.165) is 38.0 Å². The summed E-state index contributed by atoms with van der Waals surface area (Å²) in [6.07, 6.45) is 3.26. The molecule has 1 N–H and O–H groups in total. The highest BCUT2D eigenvalue weighted by molar-refractivity contribution is 5.17. The van der Waals surface area contributed by atoms with Crippen LogP contribution in [-0.2, 0) is 19.4 Å². The maximum Gasteiger partial charge on any atom is 0.0596 e. The Morgan fingerprint density at radius 2 is 1.90 bits per heavy atom. The summed E-state index contributed by atoms with van der Waals surface area (Å²) in [4.78, 5) is 0. The van der Waals surface area contributed by atoms with Gasteiger partial charge in [-0.25, -0.2) is 0 Å². The van der Waals surface area contributed by atoms with Crippen LogP contribution in [0.1, 0.15) is 37.2 Å². The smallest absolute Gasteiger partial charge is 0.0596 e. The second-order valence-corrected chi connectivity index (χ2v) is 5.64. The second-order valence-electron chi connectivity index (χ2n) is 5.64. The van der Waals surface area contributed by atoms with Crippen molar-refractivity contribution in [2.45, 2.75) is 52.6 Å². The molecular formula is C18H27N3. The number of hydrogen-bond donors (Lipinski definition) is 1. The lowest BCUT2D eigenvalue weighted by Crippen LogP contribution is -2.34. The highest BCUT2D eigenvalue weighted by Crippen LogP contribution is 2.11. The molecule has 0 aliphatic rings. The fourth-order valence-corrected chi connectivity index (χ4v) is 2.75. The molecule has 3 nitrogen and oxygen atoms in total. The summed E-state index contributed by atoms with van der Waals surface area (Å²) in [5, 5.41) is 8.24. The molecule has 0 saturated heterocycles. The van der Waals surface area contributed by atoms with Crippen molar-refractivity contribution in [1.29, 1.82) is 0 Å². The van der Waals surface area contributed by atoms with Crippen LogP contribution in [-0.4, -0.2) is 22.4 Å². The molecule has 0 amide bonds. The molecule has 0 spiro atoms. The number of benzene rings is 1. The molecule has 1 atom stereocenters. The minimum Gasteiger partial charge on any atom is -0.313 e. The van der Waals surface area contributed by atoms with Gasteiger partial charge in [0.1, 0.15) is 0 Å². The summed E-state index contributed by atoms with van der Waals surface area (Å²) in [5.41, 5.74) is 3.84. The average molecular weight is 285 g/mol. The monoisotopic (exact) mass is 285 g/mol. The zero-order valence-electron chi connectivity index (χ0n) is 13.5. The lowest BCUT2D eigenvalue weighted by atomic mass is 10.0. The van der Waals surface area contributed by atoms with E-state index in [9.17, 15) is 0 Å². The third kappa shape index (κ3) is 4.71. The van der Waals surface area contributed by atoms with Gasteiger partial charge in [0.2, 0.25) is 0 Å². The van der Waals surface area contributed by atoms with Crippen LogP contribution in [0.25, 0.3) is 0 Å². The lowest BCUT2D eigenvalue weighted by molar-refractivity contribution is 0.483. The van der Waals surface area contributed by atoms with Gasteiger partial charge >= 0.3 is 0 Å². The molecule has 0 aliphatic carbocycles. The van der Waals surface area contributed by atoms with Crippen molar-refractivity contribution in [3.8, 4) is 0 Å². The number of hydrogen-bond acceptors (Lipinski definition) is 2.